The maximum absolute atomic E-state index is 14.4. The Bertz CT molecular complexity index is 1180. The van der Waals surface area contributed by atoms with Gasteiger partial charge in [-0.3, -0.25) is 9.59 Å². The Hall–Kier alpha value is -3.10. The third-order valence-corrected chi connectivity index (χ3v) is 8.86. The molecule has 3 saturated heterocycles. The average Bonchev–Trinajstić information content (AvgIpc) is 3.66. The van der Waals surface area contributed by atoms with E-state index in [0.717, 1.165) is 37.2 Å². The lowest BCUT2D eigenvalue weighted by molar-refractivity contribution is -0.154. The van der Waals surface area contributed by atoms with Gasteiger partial charge in [-0.1, -0.05) is 44.2 Å². The number of benzene rings is 2. The van der Waals surface area contributed by atoms with E-state index in [9.17, 15) is 9.59 Å². The van der Waals surface area contributed by atoms with Crippen molar-refractivity contribution in [1.82, 2.24) is 9.80 Å². The monoisotopic (exact) mass is 548 g/mol. The maximum atomic E-state index is 14.4. The van der Waals surface area contributed by atoms with Crippen LogP contribution in [0.25, 0.3) is 0 Å². The Labute approximate surface area is 238 Å². The number of likely N-dealkylation sites (tertiary alicyclic amines) is 1. The highest BCUT2D eigenvalue weighted by Gasteiger charge is 2.50. The van der Waals surface area contributed by atoms with Gasteiger partial charge in [-0.05, 0) is 56.5 Å². The number of hydrogen-bond acceptors (Lipinski definition) is 6. The van der Waals surface area contributed by atoms with Gasteiger partial charge in [0.05, 0.1) is 24.8 Å². The van der Waals surface area contributed by atoms with Crippen LogP contribution in [-0.2, 0) is 20.9 Å². The zero-order valence-corrected chi connectivity index (χ0v) is 24.4. The Morgan fingerprint density at radius 1 is 1.07 bits per heavy atom. The van der Waals surface area contributed by atoms with Gasteiger partial charge in [0.15, 0.2) is 0 Å². The number of carbonyl (C=O) groups is 2. The van der Waals surface area contributed by atoms with E-state index < -0.39 is 11.5 Å². The first kappa shape index (κ1) is 28.4. The number of nitrogens with one attached hydrogen (secondary N) is 1. The molecule has 2 atom stereocenters. The maximum Gasteiger partial charge on any atom is 0.247 e. The summed E-state index contributed by atoms with van der Waals surface area (Å²) < 4.78 is 11.7. The lowest BCUT2D eigenvalue weighted by Gasteiger charge is -2.47. The highest BCUT2D eigenvalue weighted by atomic mass is 16.5. The number of para-hydroxylation sites is 3. The molecule has 2 aromatic carbocycles. The van der Waals surface area contributed by atoms with Crippen LogP contribution >= 0.6 is 0 Å². The van der Waals surface area contributed by atoms with E-state index in [4.69, 9.17) is 9.47 Å². The average molecular weight is 549 g/mol. The fraction of sp³-hybridized carbons (Fsp3) is 0.562. The van der Waals surface area contributed by atoms with Gasteiger partial charge < -0.3 is 29.5 Å². The molecule has 0 aliphatic carbocycles. The van der Waals surface area contributed by atoms with Crippen molar-refractivity contribution in [3.05, 3.63) is 54.1 Å². The molecular weight excluding hydrogens is 504 g/mol. The third kappa shape index (κ3) is 5.84. The first-order valence-corrected chi connectivity index (χ1v) is 14.7. The second kappa shape index (κ2) is 12.2. The first-order valence-electron chi connectivity index (χ1n) is 14.7. The number of hydrogen-bond donors (Lipinski definition) is 1. The number of amides is 2. The predicted octanol–water partition coefficient (Wildman–Crippen LogP) is 4.40. The van der Waals surface area contributed by atoms with E-state index in [-0.39, 0.29) is 23.8 Å². The molecule has 3 aliphatic heterocycles. The molecule has 2 amide bonds. The van der Waals surface area contributed by atoms with Crippen molar-refractivity contribution < 1.29 is 19.1 Å². The van der Waals surface area contributed by atoms with Gasteiger partial charge in [-0.2, -0.15) is 0 Å². The summed E-state index contributed by atoms with van der Waals surface area (Å²) in [6, 6.07) is 15.0. The fourth-order valence-corrected chi connectivity index (χ4v) is 6.65. The van der Waals surface area contributed by atoms with Crippen LogP contribution in [0.15, 0.2) is 48.5 Å². The molecule has 2 aromatic rings. The molecule has 8 nitrogen and oxygen atoms in total. The molecule has 40 heavy (non-hydrogen) atoms. The fourth-order valence-electron chi connectivity index (χ4n) is 6.65. The van der Waals surface area contributed by atoms with Crippen molar-refractivity contribution in [3.63, 3.8) is 0 Å². The number of rotatable bonds is 10. The van der Waals surface area contributed by atoms with Crippen LogP contribution in [0.3, 0.4) is 0 Å². The summed E-state index contributed by atoms with van der Waals surface area (Å²) >= 11 is 0. The van der Waals surface area contributed by atoms with Gasteiger partial charge >= 0.3 is 0 Å². The standard InChI is InChI=1S/C32H44N4O4/c1-32(2,28-16-11-19-40-28)29(30(37)33-25-13-6-8-15-27(25)39-4)36(31(38)24-20-34(3)21-24)22-23-12-5-7-14-26(23)35-17-9-10-18-35/h5-8,12-15,24,28-29H,9-11,16-22H2,1-4H3,(H,33,37). The van der Waals surface area contributed by atoms with Crippen molar-refractivity contribution in [2.45, 2.75) is 58.2 Å². The Balaban J connectivity index is 1.55. The molecule has 3 fully saturated rings. The number of anilines is 2. The van der Waals surface area contributed by atoms with Crippen molar-refractivity contribution >= 4 is 23.2 Å². The highest BCUT2D eigenvalue weighted by molar-refractivity contribution is 5.99. The van der Waals surface area contributed by atoms with Gasteiger partial charge in [0.1, 0.15) is 11.8 Å². The van der Waals surface area contributed by atoms with E-state index in [2.05, 4.69) is 47.2 Å². The minimum atomic E-state index is -0.745. The largest absolute Gasteiger partial charge is 0.495 e. The molecule has 216 valence electrons. The predicted molar refractivity (Wildman–Crippen MR) is 158 cm³/mol. The molecular formula is C32H44N4O4. The summed E-state index contributed by atoms with van der Waals surface area (Å²) in [6.07, 6.45) is 4.02. The van der Waals surface area contributed by atoms with Gasteiger partial charge in [-0.25, -0.2) is 0 Å². The summed E-state index contributed by atoms with van der Waals surface area (Å²) in [7, 11) is 3.62. The second-order valence-corrected chi connectivity index (χ2v) is 12.1. The van der Waals surface area contributed by atoms with E-state index in [1.807, 2.05) is 42.3 Å². The van der Waals surface area contributed by atoms with E-state index in [1.165, 1.54) is 12.8 Å². The Morgan fingerprint density at radius 2 is 1.77 bits per heavy atom. The Morgan fingerprint density at radius 3 is 2.45 bits per heavy atom. The molecule has 3 aliphatic rings. The summed E-state index contributed by atoms with van der Waals surface area (Å²) in [4.78, 5) is 35.2. The van der Waals surface area contributed by atoms with Gasteiger partial charge in [0.2, 0.25) is 11.8 Å². The van der Waals surface area contributed by atoms with Crippen LogP contribution in [0, 0.1) is 11.3 Å². The lowest BCUT2D eigenvalue weighted by atomic mass is 9.75. The molecule has 5 rings (SSSR count). The van der Waals surface area contributed by atoms with E-state index in [0.29, 0.717) is 37.7 Å². The number of nitrogens with zero attached hydrogens (tertiary/aromatic N) is 3. The lowest BCUT2D eigenvalue weighted by Crippen LogP contribution is -2.62. The van der Waals surface area contributed by atoms with Crippen LogP contribution in [0.4, 0.5) is 11.4 Å². The summed E-state index contributed by atoms with van der Waals surface area (Å²) in [5.74, 6) is 0.262. The molecule has 0 aromatic heterocycles. The topological polar surface area (TPSA) is 74.4 Å². The molecule has 1 N–H and O–H groups in total. The molecule has 0 bridgehead atoms. The summed E-state index contributed by atoms with van der Waals surface area (Å²) in [5, 5.41) is 3.13. The molecule has 3 heterocycles. The molecule has 8 heteroatoms. The minimum absolute atomic E-state index is 0.0283. The molecule has 2 unspecified atom stereocenters. The summed E-state index contributed by atoms with van der Waals surface area (Å²) in [6.45, 7) is 8.62. The molecule has 0 saturated carbocycles. The molecule has 0 radical (unpaired) electrons. The Kier molecular flexibility index (Phi) is 8.66. The second-order valence-electron chi connectivity index (χ2n) is 12.1. The normalized spacial score (nSPS) is 20.7. The SMILES string of the molecule is COc1ccccc1NC(=O)C(N(Cc1ccccc1N1CCCC1)C(=O)C1CN(C)C1)C(C)(C)C1CCCO1. The van der Waals surface area contributed by atoms with Gasteiger partial charge in [0, 0.05) is 50.4 Å². The summed E-state index contributed by atoms with van der Waals surface area (Å²) in [5.41, 5.74) is 2.19. The van der Waals surface area contributed by atoms with Crippen LogP contribution in [-0.4, -0.2) is 80.7 Å². The molecule has 0 spiro atoms. The highest BCUT2D eigenvalue weighted by Crippen LogP contribution is 2.40. The van der Waals surface area contributed by atoms with E-state index >= 15 is 0 Å². The zero-order chi connectivity index (χ0) is 28.3. The van der Waals surface area contributed by atoms with Gasteiger partial charge in [0.25, 0.3) is 0 Å². The quantitative estimate of drug-likeness (QED) is 0.475. The number of carbonyl (C=O) groups excluding carboxylic acids is 2. The van der Waals surface area contributed by atoms with Crippen LogP contribution in [0.2, 0.25) is 0 Å². The number of ether oxygens (including phenoxy) is 2. The van der Waals surface area contributed by atoms with Crippen LogP contribution in [0.5, 0.6) is 5.75 Å². The number of methoxy groups -OCH3 is 1. The van der Waals surface area contributed by atoms with E-state index in [1.54, 1.807) is 7.11 Å². The zero-order valence-electron chi connectivity index (χ0n) is 24.4. The minimum Gasteiger partial charge on any atom is -0.495 e. The first-order chi connectivity index (χ1) is 19.3. The smallest absolute Gasteiger partial charge is 0.247 e. The van der Waals surface area contributed by atoms with Gasteiger partial charge in [-0.15, -0.1) is 0 Å². The van der Waals surface area contributed by atoms with Crippen molar-refractivity contribution in [2.75, 3.05) is 57.2 Å². The third-order valence-electron chi connectivity index (χ3n) is 8.86. The van der Waals surface area contributed by atoms with Crippen LogP contribution in [0.1, 0.15) is 45.1 Å². The van der Waals surface area contributed by atoms with Crippen molar-refractivity contribution in [1.29, 1.82) is 0 Å². The van der Waals surface area contributed by atoms with Crippen LogP contribution < -0.4 is 15.0 Å². The van der Waals surface area contributed by atoms with Crippen molar-refractivity contribution in [3.8, 4) is 5.75 Å². The van der Waals surface area contributed by atoms with Crippen molar-refractivity contribution in [2.24, 2.45) is 11.3 Å².